The number of epoxide rings is 1. The van der Waals surface area contributed by atoms with E-state index in [1.807, 2.05) is 12.1 Å². The third-order valence-corrected chi connectivity index (χ3v) is 8.06. The largest absolute Gasteiger partial charge is 0.462 e. The van der Waals surface area contributed by atoms with E-state index in [9.17, 15) is 9.18 Å². The minimum Gasteiger partial charge on any atom is -0.462 e. The van der Waals surface area contributed by atoms with Crippen LogP contribution in [0.4, 0.5) is 4.39 Å². The first-order valence-corrected chi connectivity index (χ1v) is 10.8. The molecule has 0 unspecified atom stereocenters. The first-order chi connectivity index (χ1) is 13.4. The van der Waals surface area contributed by atoms with Gasteiger partial charge in [0, 0.05) is 17.9 Å². The van der Waals surface area contributed by atoms with Crippen molar-refractivity contribution >= 4 is 5.97 Å². The average Bonchev–Trinajstić information content (AvgIpc) is 3.34. The SMILES string of the molecule is C[C@H]1CCC[C@]2(C)C[C@H]3OC(=O)[C@H](CNCCc4ccc(F)cc4)[C@H]3[C@@H]3O[C@]132. The molecule has 0 radical (unpaired) electrons. The molecule has 5 rings (SSSR count). The van der Waals surface area contributed by atoms with Gasteiger partial charge in [0.15, 0.2) is 0 Å². The van der Waals surface area contributed by atoms with E-state index in [1.54, 1.807) is 0 Å². The highest BCUT2D eigenvalue weighted by molar-refractivity contribution is 5.76. The number of esters is 1. The number of fused-ring (bicyclic) bond motifs is 2. The topological polar surface area (TPSA) is 50.9 Å². The summed E-state index contributed by atoms with van der Waals surface area (Å²) in [4.78, 5) is 12.6. The Morgan fingerprint density at radius 1 is 1.29 bits per heavy atom. The Labute approximate surface area is 166 Å². The van der Waals surface area contributed by atoms with Crippen molar-refractivity contribution in [2.75, 3.05) is 13.1 Å². The molecule has 5 heteroatoms. The molecule has 1 aromatic carbocycles. The van der Waals surface area contributed by atoms with Crippen LogP contribution in [0.25, 0.3) is 0 Å². The first kappa shape index (κ1) is 18.6. The van der Waals surface area contributed by atoms with Gasteiger partial charge >= 0.3 is 5.97 Å². The lowest BCUT2D eigenvalue weighted by molar-refractivity contribution is -0.146. The minimum absolute atomic E-state index is 0.00678. The zero-order valence-corrected chi connectivity index (χ0v) is 16.7. The van der Waals surface area contributed by atoms with E-state index >= 15 is 0 Å². The van der Waals surface area contributed by atoms with Gasteiger partial charge in [0.2, 0.25) is 0 Å². The van der Waals surface area contributed by atoms with Crippen LogP contribution in [0.5, 0.6) is 0 Å². The van der Waals surface area contributed by atoms with Crippen LogP contribution < -0.4 is 5.32 Å². The van der Waals surface area contributed by atoms with Gasteiger partial charge in [-0.3, -0.25) is 4.79 Å². The van der Waals surface area contributed by atoms with E-state index in [4.69, 9.17) is 9.47 Å². The van der Waals surface area contributed by atoms with Gasteiger partial charge in [0.1, 0.15) is 17.5 Å². The Balaban J connectivity index is 1.23. The normalized spacial score (nSPS) is 43.7. The number of carbonyl (C=O) groups excluding carboxylic acids is 1. The molecule has 1 N–H and O–H groups in total. The maximum Gasteiger partial charge on any atom is 0.311 e. The second-order valence-electron chi connectivity index (χ2n) is 9.63. The summed E-state index contributed by atoms with van der Waals surface area (Å²) in [5.74, 6) is 0.335. The predicted octanol–water partition coefficient (Wildman–Crippen LogP) is 3.48. The molecule has 2 saturated heterocycles. The van der Waals surface area contributed by atoms with E-state index in [0.717, 1.165) is 24.9 Å². The number of carbonyl (C=O) groups is 1. The van der Waals surface area contributed by atoms with Gasteiger partial charge in [-0.1, -0.05) is 32.4 Å². The van der Waals surface area contributed by atoms with Gasteiger partial charge in [-0.2, -0.15) is 0 Å². The van der Waals surface area contributed by atoms with Crippen LogP contribution in [0.1, 0.15) is 45.1 Å². The van der Waals surface area contributed by atoms with Crippen molar-refractivity contribution in [1.29, 1.82) is 0 Å². The van der Waals surface area contributed by atoms with Crippen LogP contribution in [-0.4, -0.2) is 36.9 Å². The lowest BCUT2D eigenvalue weighted by Gasteiger charge is -2.48. The smallest absolute Gasteiger partial charge is 0.311 e. The molecule has 4 fully saturated rings. The Morgan fingerprint density at radius 2 is 2.07 bits per heavy atom. The van der Waals surface area contributed by atoms with Crippen LogP contribution in [0.3, 0.4) is 0 Å². The van der Waals surface area contributed by atoms with E-state index in [-0.39, 0.29) is 46.8 Å². The van der Waals surface area contributed by atoms with Crippen LogP contribution in [0.15, 0.2) is 24.3 Å². The third-order valence-electron chi connectivity index (χ3n) is 8.06. The number of hydrogen-bond donors (Lipinski definition) is 1. The quantitative estimate of drug-likeness (QED) is 0.477. The second-order valence-corrected chi connectivity index (χ2v) is 9.63. The van der Waals surface area contributed by atoms with Gasteiger partial charge < -0.3 is 14.8 Å². The maximum atomic E-state index is 13.0. The number of rotatable bonds is 5. The molecule has 2 aliphatic carbocycles. The van der Waals surface area contributed by atoms with Crippen molar-refractivity contribution in [2.24, 2.45) is 23.2 Å². The van der Waals surface area contributed by atoms with Gasteiger partial charge in [0.05, 0.1) is 12.0 Å². The molecule has 1 spiro atoms. The van der Waals surface area contributed by atoms with E-state index in [2.05, 4.69) is 19.2 Å². The zero-order chi connectivity index (χ0) is 19.5. The fourth-order valence-corrected chi connectivity index (χ4v) is 6.61. The average molecular weight is 387 g/mol. The molecule has 0 aromatic heterocycles. The minimum atomic E-state index is -0.212. The van der Waals surface area contributed by atoms with Crippen LogP contribution >= 0.6 is 0 Å². The second kappa shape index (κ2) is 6.53. The Hall–Kier alpha value is -1.46. The highest BCUT2D eigenvalue weighted by Crippen LogP contribution is 2.70. The number of hydrogen-bond acceptors (Lipinski definition) is 4. The highest BCUT2D eigenvalue weighted by atomic mass is 19.1. The Kier molecular flexibility index (Phi) is 4.33. The van der Waals surface area contributed by atoms with Crippen molar-refractivity contribution in [1.82, 2.24) is 5.32 Å². The summed E-state index contributed by atoms with van der Waals surface area (Å²) in [5.41, 5.74) is 1.20. The van der Waals surface area contributed by atoms with Crippen molar-refractivity contribution in [3.05, 3.63) is 35.6 Å². The Morgan fingerprint density at radius 3 is 2.86 bits per heavy atom. The predicted molar refractivity (Wildman–Crippen MR) is 103 cm³/mol. The Bertz CT molecular complexity index is 768. The molecule has 1 aromatic rings. The summed E-state index contributed by atoms with van der Waals surface area (Å²) >= 11 is 0. The summed E-state index contributed by atoms with van der Waals surface area (Å²) in [5, 5.41) is 3.43. The van der Waals surface area contributed by atoms with Gasteiger partial charge in [-0.15, -0.1) is 0 Å². The molecule has 7 atom stereocenters. The van der Waals surface area contributed by atoms with E-state index in [0.29, 0.717) is 12.5 Å². The lowest BCUT2D eigenvalue weighted by Crippen LogP contribution is -2.54. The van der Waals surface area contributed by atoms with E-state index < -0.39 is 0 Å². The zero-order valence-electron chi connectivity index (χ0n) is 16.7. The molecule has 152 valence electrons. The van der Waals surface area contributed by atoms with Crippen molar-refractivity contribution in [3.63, 3.8) is 0 Å². The van der Waals surface area contributed by atoms with Crippen LogP contribution in [0, 0.1) is 29.0 Å². The van der Waals surface area contributed by atoms with Crippen molar-refractivity contribution < 1.29 is 18.7 Å². The number of nitrogens with one attached hydrogen (secondary N) is 1. The van der Waals surface area contributed by atoms with Gasteiger partial charge in [-0.25, -0.2) is 4.39 Å². The van der Waals surface area contributed by atoms with Gasteiger partial charge in [0.25, 0.3) is 0 Å². The summed E-state index contributed by atoms with van der Waals surface area (Å²) in [6, 6.07) is 6.60. The number of ether oxygens (including phenoxy) is 2. The summed E-state index contributed by atoms with van der Waals surface area (Å²) in [6.45, 7) is 6.06. The lowest BCUT2D eigenvalue weighted by atomic mass is 9.53. The molecule has 2 aliphatic heterocycles. The maximum absolute atomic E-state index is 13.0. The third kappa shape index (κ3) is 2.66. The number of halogens is 1. The van der Waals surface area contributed by atoms with Gasteiger partial charge in [-0.05, 0) is 55.8 Å². The molecule has 2 heterocycles. The van der Waals surface area contributed by atoms with Crippen molar-refractivity contribution in [3.8, 4) is 0 Å². The molecule has 0 amide bonds. The summed E-state index contributed by atoms with van der Waals surface area (Å²) < 4.78 is 25.3. The van der Waals surface area contributed by atoms with Crippen LogP contribution in [0.2, 0.25) is 0 Å². The number of benzene rings is 1. The monoisotopic (exact) mass is 387 g/mol. The summed E-state index contributed by atoms with van der Waals surface area (Å²) in [7, 11) is 0. The standard InChI is InChI=1S/C23H30FNO3/c1-14-4-3-10-22(2)12-18-19(20-23(14,22)28-20)17(21(26)27-18)13-25-11-9-15-5-7-16(24)8-6-15/h5-8,14,17-20,25H,3-4,9-13H2,1-2H3/t14-,17+,18+,19+,20-,22+,23+/m0/s1. The molecular formula is C23H30FNO3. The molecule has 28 heavy (non-hydrogen) atoms. The molecule has 0 bridgehead atoms. The molecule has 4 aliphatic rings. The molecule has 4 nitrogen and oxygen atoms in total. The van der Waals surface area contributed by atoms with Crippen molar-refractivity contribution in [2.45, 2.75) is 63.8 Å². The molecular weight excluding hydrogens is 357 g/mol. The fraction of sp³-hybridized carbons (Fsp3) is 0.696. The molecule has 2 saturated carbocycles. The highest BCUT2D eigenvalue weighted by Gasteiger charge is 2.78. The summed E-state index contributed by atoms with van der Waals surface area (Å²) in [6.07, 6.45) is 5.57. The first-order valence-electron chi connectivity index (χ1n) is 10.8. The van der Waals surface area contributed by atoms with Crippen LogP contribution in [-0.2, 0) is 20.7 Å². The van der Waals surface area contributed by atoms with E-state index in [1.165, 1.54) is 31.4 Å². The fourth-order valence-electron chi connectivity index (χ4n) is 6.61.